The lowest BCUT2D eigenvalue weighted by Gasteiger charge is -2.17. The minimum atomic E-state index is -0.713. The summed E-state index contributed by atoms with van der Waals surface area (Å²) in [6.45, 7) is 3.69. The lowest BCUT2D eigenvalue weighted by Crippen LogP contribution is -2.39. The van der Waals surface area contributed by atoms with Crippen molar-refractivity contribution in [2.75, 3.05) is 27.3 Å². The van der Waals surface area contributed by atoms with Gasteiger partial charge in [0.15, 0.2) is 5.96 Å². The molecule has 7 heteroatoms. The fourth-order valence-corrected chi connectivity index (χ4v) is 2.86. The van der Waals surface area contributed by atoms with Crippen LogP contribution in [-0.2, 0) is 6.54 Å². The zero-order chi connectivity index (χ0) is 18.1. The van der Waals surface area contributed by atoms with Gasteiger partial charge >= 0.3 is 0 Å². The first kappa shape index (κ1) is 19.1. The molecule has 0 saturated carbocycles. The molecule has 1 aromatic heterocycles. The van der Waals surface area contributed by atoms with Crippen LogP contribution in [-0.4, -0.2) is 38.4 Å². The minimum Gasteiger partial charge on any atom is -0.497 e. The molecule has 0 fully saturated rings. The molecular formula is C18H25N3O3S. The Bertz CT molecular complexity index is 652. The summed E-state index contributed by atoms with van der Waals surface area (Å²) in [5, 5.41) is 18.9. The molecule has 0 amide bonds. The summed E-state index contributed by atoms with van der Waals surface area (Å²) in [5.41, 5.74) is 0.720. The standard InChI is InChI=1S/C18H25N3O3S/c1-4-19-18(20-11-16-6-5-7-25-16)21-12-17(22)13-8-14(23-2)10-15(9-13)24-3/h5-10,17,22H,4,11-12H2,1-3H3,(H2,19,20,21). The molecule has 1 unspecified atom stereocenters. The Morgan fingerprint density at radius 3 is 2.48 bits per heavy atom. The van der Waals surface area contributed by atoms with Crippen LogP contribution in [0.4, 0.5) is 0 Å². The smallest absolute Gasteiger partial charge is 0.191 e. The van der Waals surface area contributed by atoms with Gasteiger partial charge in [0.25, 0.3) is 0 Å². The molecule has 1 aromatic carbocycles. The molecule has 0 spiro atoms. The van der Waals surface area contributed by atoms with Crippen molar-refractivity contribution >= 4 is 17.3 Å². The van der Waals surface area contributed by atoms with Gasteiger partial charge in [0, 0.05) is 24.0 Å². The van der Waals surface area contributed by atoms with E-state index in [1.807, 2.05) is 18.4 Å². The second kappa shape index (κ2) is 9.90. The van der Waals surface area contributed by atoms with Gasteiger partial charge in [0.2, 0.25) is 0 Å². The van der Waals surface area contributed by atoms with Gasteiger partial charge in [-0.05, 0) is 36.1 Å². The predicted molar refractivity (Wildman–Crippen MR) is 102 cm³/mol. The monoisotopic (exact) mass is 363 g/mol. The summed E-state index contributed by atoms with van der Waals surface area (Å²) in [4.78, 5) is 5.72. The van der Waals surface area contributed by atoms with Crippen molar-refractivity contribution in [2.45, 2.75) is 19.6 Å². The van der Waals surface area contributed by atoms with Crippen molar-refractivity contribution in [3.05, 3.63) is 46.2 Å². The summed E-state index contributed by atoms with van der Waals surface area (Å²) in [6, 6.07) is 9.43. The van der Waals surface area contributed by atoms with Gasteiger partial charge in [0.05, 0.1) is 26.9 Å². The molecule has 0 saturated heterocycles. The molecule has 0 aliphatic rings. The Kier molecular flexibility index (Phi) is 7.56. The van der Waals surface area contributed by atoms with Crippen LogP contribution in [0.1, 0.15) is 23.5 Å². The fourth-order valence-electron chi connectivity index (χ4n) is 2.23. The third kappa shape index (κ3) is 5.95. The van der Waals surface area contributed by atoms with Crippen molar-refractivity contribution in [3.63, 3.8) is 0 Å². The molecule has 2 rings (SSSR count). The quantitative estimate of drug-likeness (QED) is 0.496. The van der Waals surface area contributed by atoms with E-state index in [0.717, 1.165) is 12.1 Å². The molecule has 136 valence electrons. The van der Waals surface area contributed by atoms with Crippen molar-refractivity contribution in [2.24, 2.45) is 4.99 Å². The van der Waals surface area contributed by atoms with Crippen LogP contribution in [0.15, 0.2) is 40.7 Å². The van der Waals surface area contributed by atoms with E-state index < -0.39 is 6.10 Å². The highest BCUT2D eigenvalue weighted by Gasteiger charge is 2.12. The second-order valence-electron chi connectivity index (χ2n) is 5.32. The maximum atomic E-state index is 10.5. The lowest BCUT2D eigenvalue weighted by atomic mass is 10.1. The number of hydrogen-bond donors (Lipinski definition) is 3. The van der Waals surface area contributed by atoms with Gasteiger partial charge in [-0.2, -0.15) is 0 Å². The van der Waals surface area contributed by atoms with Crippen molar-refractivity contribution in [1.29, 1.82) is 0 Å². The molecule has 0 radical (unpaired) electrons. The summed E-state index contributed by atoms with van der Waals surface area (Å²) in [5.74, 6) is 1.96. The Labute approximate surface area is 152 Å². The minimum absolute atomic E-state index is 0.326. The van der Waals surface area contributed by atoms with Crippen LogP contribution in [0.3, 0.4) is 0 Å². The number of guanidine groups is 1. The van der Waals surface area contributed by atoms with Crippen LogP contribution in [0, 0.1) is 0 Å². The molecule has 1 heterocycles. The summed E-state index contributed by atoms with van der Waals surface area (Å²) in [6.07, 6.45) is -0.713. The molecule has 2 aromatic rings. The highest BCUT2D eigenvalue weighted by Crippen LogP contribution is 2.26. The Balaban J connectivity index is 2.00. The highest BCUT2D eigenvalue weighted by atomic mass is 32.1. The van der Waals surface area contributed by atoms with E-state index in [2.05, 4.69) is 21.7 Å². The van der Waals surface area contributed by atoms with Crippen LogP contribution in [0.5, 0.6) is 11.5 Å². The van der Waals surface area contributed by atoms with Crippen LogP contribution < -0.4 is 20.1 Å². The normalized spacial score (nSPS) is 12.6. The maximum absolute atomic E-state index is 10.5. The first-order chi connectivity index (χ1) is 12.2. The van der Waals surface area contributed by atoms with Crippen molar-refractivity contribution < 1.29 is 14.6 Å². The summed E-state index contributed by atoms with van der Waals surface area (Å²) < 4.78 is 10.5. The molecule has 0 bridgehead atoms. The third-order valence-electron chi connectivity index (χ3n) is 3.54. The van der Waals surface area contributed by atoms with Gasteiger partial charge in [-0.3, -0.25) is 0 Å². The Morgan fingerprint density at radius 2 is 1.92 bits per heavy atom. The Morgan fingerprint density at radius 1 is 1.20 bits per heavy atom. The number of ether oxygens (including phenoxy) is 2. The molecule has 0 aliphatic carbocycles. The number of hydrogen-bond acceptors (Lipinski definition) is 5. The average molecular weight is 363 g/mol. The van der Waals surface area contributed by atoms with Gasteiger partial charge < -0.3 is 25.2 Å². The number of nitrogens with zero attached hydrogens (tertiary/aromatic N) is 1. The topological polar surface area (TPSA) is 75.1 Å². The lowest BCUT2D eigenvalue weighted by molar-refractivity contribution is 0.180. The first-order valence-electron chi connectivity index (χ1n) is 8.11. The van der Waals surface area contributed by atoms with E-state index in [0.29, 0.717) is 30.5 Å². The number of benzene rings is 1. The van der Waals surface area contributed by atoms with E-state index in [4.69, 9.17) is 9.47 Å². The zero-order valence-corrected chi connectivity index (χ0v) is 15.6. The molecule has 3 N–H and O–H groups in total. The summed E-state index contributed by atoms with van der Waals surface area (Å²) >= 11 is 1.67. The molecule has 6 nitrogen and oxygen atoms in total. The average Bonchev–Trinajstić information content (AvgIpc) is 3.16. The molecular weight excluding hydrogens is 338 g/mol. The number of aliphatic hydroxyl groups is 1. The number of thiophene rings is 1. The molecule has 25 heavy (non-hydrogen) atoms. The van der Waals surface area contributed by atoms with Crippen molar-refractivity contribution in [3.8, 4) is 11.5 Å². The Hall–Kier alpha value is -2.25. The number of methoxy groups -OCH3 is 2. The molecule has 0 aliphatic heterocycles. The van der Waals surface area contributed by atoms with E-state index in [1.165, 1.54) is 4.88 Å². The van der Waals surface area contributed by atoms with Gasteiger partial charge in [0.1, 0.15) is 11.5 Å². The predicted octanol–water partition coefficient (Wildman–Crippen LogP) is 2.55. The zero-order valence-electron chi connectivity index (χ0n) is 14.8. The van der Waals surface area contributed by atoms with Crippen LogP contribution >= 0.6 is 11.3 Å². The van der Waals surface area contributed by atoms with Crippen LogP contribution in [0.25, 0.3) is 0 Å². The largest absolute Gasteiger partial charge is 0.497 e. The van der Waals surface area contributed by atoms with E-state index in [-0.39, 0.29) is 0 Å². The SMILES string of the molecule is CCNC(=NCc1cccs1)NCC(O)c1cc(OC)cc(OC)c1. The number of aliphatic imine (C=N–C) groups is 1. The second-order valence-corrected chi connectivity index (χ2v) is 6.35. The van der Waals surface area contributed by atoms with Gasteiger partial charge in [-0.25, -0.2) is 4.99 Å². The fraction of sp³-hybridized carbons (Fsp3) is 0.389. The highest BCUT2D eigenvalue weighted by molar-refractivity contribution is 7.09. The molecule has 1 atom stereocenters. The van der Waals surface area contributed by atoms with E-state index >= 15 is 0 Å². The third-order valence-corrected chi connectivity index (χ3v) is 4.40. The van der Waals surface area contributed by atoms with E-state index in [1.54, 1.807) is 43.8 Å². The van der Waals surface area contributed by atoms with Gasteiger partial charge in [-0.15, -0.1) is 11.3 Å². The van der Waals surface area contributed by atoms with Crippen molar-refractivity contribution in [1.82, 2.24) is 10.6 Å². The first-order valence-corrected chi connectivity index (χ1v) is 8.99. The van der Waals surface area contributed by atoms with E-state index in [9.17, 15) is 5.11 Å². The number of aliphatic hydroxyl groups excluding tert-OH is 1. The van der Waals surface area contributed by atoms with Crippen LogP contribution in [0.2, 0.25) is 0 Å². The number of nitrogens with one attached hydrogen (secondary N) is 2. The summed E-state index contributed by atoms with van der Waals surface area (Å²) in [7, 11) is 3.17. The maximum Gasteiger partial charge on any atom is 0.191 e. The number of rotatable bonds is 8. The van der Waals surface area contributed by atoms with Gasteiger partial charge in [-0.1, -0.05) is 6.07 Å².